The van der Waals surface area contributed by atoms with Crippen LogP contribution in [0.3, 0.4) is 0 Å². The van der Waals surface area contributed by atoms with Gasteiger partial charge in [0, 0.05) is 23.0 Å². The molecular weight excluding hydrogens is 292 g/mol. The number of piperidine rings is 1. The molecule has 6 heteroatoms. The minimum Gasteiger partial charge on any atom is -0.311 e. The largest absolute Gasteiger partial charge is 0.311 e. The smallest absolute Gasteiger partial charge is 0.240 e. The Labute approximate surface area is 124 Å². The molecule has 1 aromatic carbocycles. The van der Waals surface area contributed by atoms with Crippen molar-refractivity contribution >= 4 is 21.8 Å². The lowest BCUT2D eigenvalue weighted by Gasteiger charge is -2.29. The molecule has 0 aliphatic carbocycles. The molecule has 2 fully saturated rings. The van der Waals surface area contributed by atoms with Crippen molar-refractivity contribution in [3.8, 4) is 0 Å². The van der Waals surface area contributed by atoms with Crippen molar-refractivity contribution in [1.82, 2.24) is 10.0 Å². The molecule has 0 radical (unpaired) electrons. The molecule has 110 valence electrons. The number of thioether (sulfide) groups is 1. The van der Waals surface area contributed by atoms with Crippen molar-refractivity contribution in [2.45, 2.75) is 53.6 Å². The highest BCUT2D eigenvalue weighted by molar-refractivity contribution is 7.98. The van der Waals surface area contributed by atoms with Crippen LogP contribution in [-0.2, 0) is 10.0 Å². The van der Waals surface area contributed by atoms with Gasteiger partial charge in [-0.3, -0.25) is 0 Å². The zero-order valence-electron chi connectivity index (χ0n) is 11.5. The standard InChI is InChI=1S/C14H20N2O2S2/c1-19-13-3-2-4-14(9-13)20(17,18)16-12-7-10-5-6-11(8-12)15-10/h2-4,9-12,15-16H,5-8H2,1H3. The Kier molecular flexibility index (Phi) is 4.08. The molecular formula is C14H20N2O2S2. The van der Waals surface area contributed by atoms with Gasteiger partial charge in [-0.15, -0.1) is 11.8 Å². The summed E-state index contributed by atoms with van der Waals surface area (Å²) in [6, 6.07) is 8.16. The lowest BCUT2D eigenvalue weighted by atomic mass is 10.0. The second kappa shape index (κ2) is 5.67. The predicted octanol–water partition coefficient (Wildman–Crippen LogP) is 1.97. The fraction of sp³-hybridized carbons (Fsp3) is 0.571. The lowest BCUT2D eigenvalue weighted by Crippen LogP contribution is -2.47. The molecule has 3 rings (SSSR count). The third-order valence-electron chi connectivity index (χ3n) is 4.15. The maximum absolute atomic E-state index is 12.5. The molecule has 0 aromatic heterocycles. The number of sulfonamides is 1. The van der Waals surface area contributed by atoms with Gasteiger partial charge in [0.1, 0.15) is 0 Å². The van der Waals surface area contributed by atoms with Crippen molar-refractivity contribution in [3.63, 3.8) is 0 Å². The van der Waals surface area contributed by atoms with Crippen LogP contribution in [0.4, 0.5) is 0 Å². The van der Waals surface area contributed by atoms with Crippen LogP contribution in [0.25, 0.3) is 0 Å². The molecule has 2 N–H and O–H groups in total. The van der Waals surface area contributed by atoms with Crippen LogP contribution in [0.1, 0.15) is 25.7 Å². The second-order valence-corrected chi connectivity index (χ2v) is 8.20. The van der Waals surface area contributed by atoms with E-state index in [1.807, 2.05) is 12.3 Å². The molecule has 0 saturated carbocycles. The van der Waals surface area contributed by atoms with Crippen LogP contribution in [0.2, 0.25) is 0 Å². The average molecular weight is 312 g/mol. The van der Waals surface area contributed by atoms with E-state index in [9.17, 15) is 8.42 Å². The Bertz CT molecular complexity index is 577. The lowest BCUT2D eigenvalue weighted by molar-refractivity contribution is 0.345. The van der Waals surface area contributed by atoms with Crippen LogP contribution < -0.4 is 10.0 Å². The third-order valence-corrected chi connectivity index (χ3v) is 6.39. The van der Waals surface area contributed by atoms with Crippen LogP contribution in [0.15, 0.2) is 34.1 Å². The fourth-order valence-electron chi connectivity index (χ4n) is 3.21. The first kappa shape index (κ1) is 14.4. The summed E-state index contributed by atoms with van der Waals surface area (Å²) in [7, 11) is -3.40. The summed E-state index contributed by atoms with van der Waals surface area (Å²) >= 11 is 1.55. The van der Waals surface area contributed by atoms with Crippen LogP contribution >= 0.6 is 11.8 Å². The topological polar surface area (TPSA) is 58.2 Å². The first-order valence-corrected chi connectivity index (χ1v) is 9.70. The number of fused-ring (bicyclic) bond motifs is 2. The van der Waals surface area contributed by atoms with E-state index >= 15 is 0 Å². The van der Waals surface area contributed by atoms with E-state index in [1.165, 1.54) is 12.8 Å². The first-order valence-electron chi connectivity index (χ1n) is 6.99. The molecule has 4 nitrogen and oxygen atoms in total. The molecule has 2 aliphatic heterocycles. The number of nitrogens with one attached hydrogen (secondary N) is 2. The van der Waals surface area contributed by atoms with Crippen LogP contribution in [-0.4, -0.2) is 32.8 Å². The summed E-state index contributed by atoms with van der Waals surface area (Å²) < 4.78 is 27.8. The zero-order chi connectivity index (χ0) is 14.2. The Morgan fingerprint density at radius 3 is 2.60 bits per heavy atom. The van der Waals surface area contributed by atoms with Gasteiger partial charge in [-0.1, -0.05) is 6.07 Å². The molecule has 20 heavy (non-hydrogen) atoms. The minimum absolute atomic E-state index is 0.0664. The molecule has 2 bridgehead atoms. The fourth-order valence-corrected chi connectivity index (χ4v) is 5.05. The van der Waals surface area contributed by atoms with Crippen molar-refractivity contribution in [2.24, 2.45) is 0 Å². The molecule has 2 unspecified atom stereocenters. The molecule has 2 saturated heterocycles. The van der Waals surface area contributed by atoms with E-state index in [1.54, 1.807) is 30.0 Å². The van der Waals surface area contributed by atoms with E-state index in [4.69, 9.17) is 0 Å². The van der Waals surface area contributed by atoms with Crippen LogP contribution in [0.5, 0.6) is 0 Å². The highest BCUT2D eigenvalue weighted by Crippen LogP contribution is 2.28. The number of hydrogen-bond donors (Lipinski definition) is 2. The Hall–Kier alpha value is -0.560. The molecule has 2 aliphatic rings. The molecule has 2 atom stereocenters. The first-order chi connectivity index (χ1) is 9.56. The number of hydrogen-bond acceptors (Lipinski definition) is 4. The number of benzene rings is 1. The SMILES string of the molecule is CSc1cccc(S(=O)(=O)NC2CC3CCC(C2)N3)c1. The van der Waals surface area contributed by atoms with E-state index < -0.39 is 10.0 Å². The predicted molar refractivity (Wildman–Crippen MR) is 81.5 cm³/mol. The molecule has 0 spiro atoms. The van der Waals surface area contributed by atoms with Crippen molar-refractivity contribution in [1.29, 1.82) is 0 Å². The quantitative estimate of drug-likeness (QED) is 0.835. The summed E-state index contributed by atoms with van der Waals surface area (Å²) in [4.78, 5) is 1.34. The van der Waals surface area contributed by atoms with Gasteiger partial charge >= 0.3 is 0 Å². The normalized spacial score (nSPS) is 29.6. The zero-order valence-corrected chi connectivity index (χ0v) is 13.1. The van der Waals surface area contributed by atoms with Gasteiger partial charge in [0.15, 0.2) is 0 Å². The van der Waals surface area contributed by atoms with Crippen molar-refractivity contribution < 1.29 is 8.42 Å². The van der Waals surface area contributed by atoms with Crippen molar-refractivity contribution in [2.75, 3.05) is 6.26 Å². The van der Waals surface area contributed by atoms with E-state index in [-0.39, 0.29) is 6.04 Å². The van der Waals surface area contributed by atoms with Gasteiger partial charge in [0.25, 0.3) is 0 Å². The Morgan fingerprint density at radius 2 is 1.95 bits per heavy atom. The minimum atomic E-state index is -3.40. The van der Waals surface area contributed by atoms with Gasteiger partial charge in [0.05, 0.1) is 4.90 Å². The summed E-state index contributed by atoms with van der Waals surface area (Å²) in [5.74, 6) is 0. The van der Waals surface area contributed by atoms with Gasteiger partial charge in [-0.25, -0.2) is 13.1 Å². The monoisotopic (exact) mass is 312 g/mol. The highest BCUT2D eigenvalue weighted by atomic mass is 32.2. The third kappa shape index (κ3) is 3.03. The van der Waals surface area contributed by atoms with Crippen molar-refractivity contribution in [3.05, 3.63) is 24.3 Å². The Morgan fingerprint density at radius 1 is 1.25 bits per heavy atom. The van der Waals surface area contributed by atoms with E-state index in [2.05, 4.69) is 10.0 Å². The number of rotatable bonds is 4. The molecule has 2 heterocycles. The Balaban J connectivity index is 1.75. The second-order valence-electron chi connectivity index (χ2n) is 5.61. The van der Waals surface area contributed by atoms with E-state index in [0.29, 0.717) is 17.0 Å². The maximum atomic E-state index is 12.5. The summed E-state index contributed by atoms with van der Waals surface area (Å²) in [6.45, 7) is 0. The van der Waals surface area contributed by atoms with Crippen LogP contribution in [0, 0.1) is 0 Å². The molecule has 0 amide bonds. The summed E-state index contributed by atoms with van der Waals surface area (Å²) in [5.41, 5.74) is 0. The summed E-state index contributed by atoms with van der Waals surface area (Å²) in [5, 5.41) is 3.53. The average Bonchev–Trinajstić information content (AvgIpc) is 2.77. The molecule has 1 aromatic rings. The highest BCUT2D eigenvalue weighted by Gasteiger charge is 2.35. The summed E-state index contributed by atoms with van der Waals surface area (Å²) in [6.07, 6.45) is 6.09. The van der Waals surface area contributed by atoms with E-state index in [0.717, 1.165) is 17.7 Å². The maximum Gasteiger partial charge on any atom is 0.240 e. The van der Waals surface area contributed by atoms with Gasteiger partial charge in [0.2, 0.25) is 10.0 Å². The van der Waals surface area contributed by atoms with Gasteiger partial charge in [-0.05, 0) is 50.1 Å². The van der Waals surface area contributed by atoms with Gasteiger partial charge < -0.3 is 5.32 Å². The van der Waals surface area contributed by atoms with Gasteiger partial charge in [-0.2, -0.15) is 0 Å².